The molecule has 0 amide bonds. The molecule has 9 heteroatoms. The van der Waals surface area contributed by atoms with Gasteiger partial charge in [0.25, 0.3) is 0 Å². The van der Waals surface area contributed by atoms with Gasteiger partial charge in [0.15, 0.2) is 5.65 Å². The van der Waals surface area contributed by atoms with Crippen LogP contribution in [0, 0.1) is 14.9 Å². The molecule has 0 atom stereocenters. The number of hydrogen-bond acceptors (Lipinski definition) is 5. The highest BCUT2D eigenvalue weighted by Crippen LogP contribution is 2.43. The fourth-order valence-electron chi connectivity index (χ4n) is 4.90. The average molecular weight is 659 g/mol. The van der Waals surface area contributed by atoms with Crippen molar-refractivity contribution in [2.75, 3.05) is 31.6 Å². The van der Waals surface area contributed by atoms with Gasteiger partial charge in [-0.25, -0.2) is 4.98 Å². The molecule has 1 aliphatic carbocycles. The first-order valence-electron chi connectivity index (χ1n) is 14.1. The maximum Gasteiger partial charge on any atom is 0.171 e. The van der Waals surface area contributed by atoms with Crippen molar-refractivity contribution in [3.8, 4) is 0 Å². The van der Waals surface area contributed by atoms with Gasteiger partial charge in [-0.1, -0.05) is 60.1 Å². The Labute approximate surface area is 241 Å². The normalized spacial score (nSPS) is 19.5. The Bertz CT molecular complexity index is 980. The zero-order valence-corrected chi connectivity index (χ0v) is 29.0. The predicted octanol–water partition coefficient (Wildman–Crippen LogP) is 8.08. The van der Waals surface area contributed by atoms with Crippen molar-refractivity contribution in [1.29, 1.82) is 0 Å². The number of nitrogens with zero attached hydrogens (tertiary/aromatic N) is 4. The van der Waals surface area contributed by atoms with Crippen molar-refractivity contribution in [1.82, 2.24) is 14.6 Å². The number of hydrogen-bond donors (Lipinski definition) is 0. The maximum atomic E-state index is 6.24. The summed E-state index contributed by atoms with van der Waals surface area (Å²) in [6.07, 6.45) is 6.87. The van der Waals surface area contributed by atoms with Crippen LogP contribution in [-0.4, -0.2) is 57.4 Å². The minimum absolute atomic E-state index is 0.381. The quantitative estimate of drug-likeness (QED) is 0.0999. The van der Waals surface area contributed by atoms with Crippen LogP contribution in [-0.2, 0) is 9.47 Å². The van der Waals surface area contributed by atoms with Gasteiger partial charge in [0.05, 0.1) is 9.77 Å². The number of halogens is 1. The molecule has 2 aromatic rings. The van der Waals surface area contributed by atoms with Crippen LogP contribution in [0.5, 0.6) is 0 Å². The lowest BCUT2D eigenvalue weighted by Crippen LogP contribution is -2.33. The van der Waals surface area contributed by atoms with Gasteiger partial charge in [0.2, 0.25) is 0 Å². The second-order valence-corrected chi connectivity index (χ2v) is 26.8. The summed E-state index contributed by atoms with van der Waals surface area (Å²) >= 11 is 2.36. The first kappa shape index (κ1) is 31.0. The van der Waals surface area contributed by atoms with Crippen LogP contribution in [0.1, 0.15) is 58.1 Å². The van der Waals surface area contributed by atoms with Gasteiger partial charge in [-0.05, 0) is 71.7 Å². The van der Waals surface area contributed by atoms with Crippen molar-refractivity contribution in [2.45, 2.75) is 104 Å². The second kappa shape index (κ2) is 12.8. The third kappa shape index (κ3) is 9.58. The molecular weight excluding hydrogens is 607 g/mol. The molecule has 1 saturated carbocycles. The molecule has 2 heterocycles. The third-order valence-electron chi connectivity index (χ3n) is 7.61. The lowest BCUT2D eigenvalue weighted by atomic mass is 9.69. The van der Waals surface area contributed by atoms with Crippen molar-refractivity contribution in [2.24, 2.45) is 11.3 Å². The highest BCUT2D eigenvalue weighted by molar-refractivity contribution is 14.1. The molecular formula is C28H51IN4O2Si2. The van der Waals surface area contributed by atoms with E-state index >= 15 is 0 Å². The Morgan fingerprint density at radius 1 is 0.946 bits per heavy atom. The van der Waals surface area contributed by atoms with E-state index in [1.165, 1.54) is 31.4 Å². The Balaban J connectivity index is 1.84. The van der Waals surface area contributed by atoms with Gasteiger partial charge in [0, 0.05) is 47.0 Å². The number of aromatic nitrogens is 3. The molecule has 0 aliphatic heterocycles. The summed E-state index contributed by atoms with van der Waals surface area (Å²) in [4.78, 5) is 7.36. The van der Waals surface area contributed by atoms with E-state index in [1.54, 1.807) is 0 Å². The summed E-state index contributed by atoms with van der Waals surface area (Å²) in [6, 6.07) is 4.58. The molecule has 1 fully saturated rings. The van der Waals surface area contributed by atoms with Crippen molar-refractivity contribution in [3.63, 3.8) is 0 Å². The lowest BCUT2D eigenvalue weighted by molar-refractivity contribution is 0.0942. The lowest BCUT2D eigenvalue weighted by Gasteiger charge is -2.37. The van der Waals surface area contributed by atoms with E-state index in [9.17, 15) is 0 Å². The van der Waals surface area contributed by atoms with E-state index in [2.05, 4.69) is 93.6 Å². The summed E-state index contributed by atoms with van der Waals surface area (Å²) in [5.41, 5.74) is 2.52. The molecule has 0 spiro atoms. The van der Waals surface area contributed by atoms with E-state index in [4.69, 9.17) is 19.6 Å². The van der Waals surface area contributed by atoms with Gasteiger partial charge >= 0.3 is 0 Å². The minimum atomic E-state index is -1.15. The number of anilines is 1. The van der Waals surface area contributed by atoms with Crippen LogP contribution >= 0.6 is 22.6 Å². The van der Waals surface area contributed by atoms with E-state index < -0.39 is 16.1 Å². The molecule has 210 valence electrons. The predicted molar refractivity (Wildman–Crippen MR) is 170 cm³/mol. The van der Waals surface area contributed by atoms with Crippen molar-refractivity contribution < 1.29 is 9.47 Å². The maximum absolute atomic E-state index is 6.24. The van der Waals surface area contributed by atoms with Crippen LogP contribution < -0.4 is 4.90 Å². The Morgan fingerprint density at radius 2 is 1.49 bits per heavy atom. The summed E-state index contributed by atoms with van der Waals surface area (Å²) in [6.45, 7) is 24.1. The summed E-state index contributed by atoms with van der Waals surface area (Å²) in [5, 5.41) is 4.71. The summed E-state index contributed by atoms with van der Waals surface area (Å²) in [5.74, 6) is 2.32. The number of fused-ring (bicyclic) bond motifs is 1. The average Bonchev–Trinajstić information content (AvgIpc) is 3.16. The molecule has 6 nitrogen and oxygen atoms in total. The SMILES string of the molecule is CC(C)(C)C1CCC(c2cc(N(COCC[Si](C)(C)C)COCC[Si](C)(C)C)n3ncc(I)c3n2)CC1. The number of ether oxygens (including phenoxy) is 2. The fourth-order valence-corrected chi connectivity index (χ4v) is 6.89. The molecule has 3 rings (SSSR count). The zero-order chi connectivity index (χ0) is 27.4. The molecule has 0 aromatic carbocycles. The molecule has 0 unspecified atom stereocenters. The molecule has 0 saturated heterocycles. The molecule has 0 bridgehead atoms. The smallest absolute Gasteiger partial charge is 0.171 e. The van der Waals surface area contributed by atoms with Gasteiger partial charge < -0.3 is 14.4 Å². The first-order valence-corrected chi connectivity index (χ1v) is 22.6. The topological polar surface area (TPSA) is 51.9 Å². The second-order valence-electron chi connectivity index (χ2n) is 14.4. The monoisotopic (exact) mass is 658 g/mol. The molecule has 37 heavy (non-hydrogen) atoms. The standard InChI is InChI=1S/C28H51IN4O2Si2/c1-28(2,3)23-12-10-22(11-13-23)25-18-26(33-27(31-25)24(29)19-30-33)32(20-34-14-16-36(4,5)6)21-35-15-17-37(7,8)9/h18-19,22-23H,10-17,20-21H2,1-9H3. The molecule has 0 radical (unpaired) electrons. The van der Waals surface area contributed by atoms with Crippen LogP contribution in [0.4, 0.5) is 5.82 Å². The van der Waals surface area contributed by atoms with Gasteiger partial charge in [0.1, 0.15) is 19.3 Å². The Morgan fingerprint density at radius 3 is 1.97 bits per heavy atom. The highest BCUT2D eigenvalue weighted by Gasteiger charge is 2.31. The van der Waals surface area contributed by atoms with Gasteiger partial charge in [-0.2, -0.15) is 9.61 Å². The Hall–Kier alpha value is -0.496. The van der Waals surface area contributed by atoms with E-state index in [0.717, 1.165) is 46.3 Å². The zero-order valence-electron chi connectivity index (χ0n) is 24.9. The van der Waals surface area contributed by atoms with Crippen LogP contribution in [0.25, 0.3) is 5.65 Å². The van der Waals surface area contributed by atoms with E-state index in [1.807, 2.05) is 10.7 Å². The molecule has 1 aliphatic rings. The van der Waals surface area contributed by atoms with Gasteiger partial charge in [-0.15, -0.1) is 0 Å². The highest BCUT2D eigenvalue weighted by atomic mass is 127. The van der Waals surface area contributed by atoms with E-state index in [0.29, 0.717) is 24.8 Å². The molecule has 0 N–H and O–H groups in total. The van der Waals surface area contributed by atoms with E-state index in [-0.39, 0.29) is 0 Å². The summed E-state index contributed by atoms with van der Waals surface area (Å²) < 4.78 is 15.6. The van der Waals surface area contributed by atoms with Crippen LogP contribution in [0.2, 0.25) is 51.4 Å². The van der Waals surface area contributed by atoms with Crippen LogP contribution in [0.15, 0.2) is 12.3 Å². The number of rotatable bonds is 12. The Kier molecular flexibility index (Phi) is 10.7. The minimum Gasteiger partial charge on any atom is -0.361 e. The van der Waals surface area contributed by atoms with Crippen LogP contribution in [0.3, 0.4) is 0 Å². The summed E-state index contributed by atoms with van der Waals surface area (Å²) in [7, 11) is -2.30. The largest absolute Gasteiger partial charge is 0.361 e. The first-order chi connectivity index (χ1) is 17.1. The van der Waals surface area contributed by atoms with Gasteiger partial charge in [-0.3, -0.25) is 0 Å². The fraction of sp³-hybridized carbons (Fsp3) is 0.786. The molecule has 2 aromatic heterocycles. The third-order valence-corrected chi connectivity index (χ3v) is 11.8. The van der Waals surface area contributed by atoms with Crippen molar-refractivity contribution >= 4 is 50.2 Å². The van der Waals surface area contributed by atoms with Crippen molar-refractivity contribution in [3.05, 3.63) is 21.5 Å².